The van der Waals surface area contributed by atoms with Crippen LogP contribution in [0.15, 0.2) is 18.3 Å². The number of anilines is 1. The van der Waals surface area contributed by atoms with Crippen molar-refractivity contribution in [2.24, 2.45) is 0 Å². The van der Waals surface area contributed by atoms with E-state index in [1.54, 1.807) is 11.9 Å². The first-order chi connectivity index (χ1) is 9.00. The van der Waals surface area contributed by atoms with Crippen LogP contribution in [0.2, 0.25) is 0 Å². The average Bonchev–Trinajstić information content (AvgIpc) is 2.39. The summed E-state index contributed by atoms with van der Waals surface area (Å²) in [4.78, 5) is 16.1. The van der Waals surface area contributed by atoms with Gasteiger partial charge >= 0.3 is 0 Å². The predicted molar refractivity (Wildman–Crippen MR) is 69.2 cm³/mol. The molecule has 19 heavy (non-hydrogen) atoms. The summed E-state index contributed by atoms with van der Waals surface area (Å²) in [6.45, 7) is 1.45. The third-order valence-corrected chi connectivity index (χ3v) is 3.29. The number of hydrogen-bond acceptors (Lipinski definition) is 6. The van der Waals surface area contributed by atoms with Crippen LogP contribution in [0.3, 0.4) is 0 Å². The maximum atomic E-state index is 10.7. The van der Waals surface area contributed by atoms with Crippen molar-refractivity contribution < 1.29 is 14.8 Å². The van der Waals surface area contributed by atoms with Gasteiger partial charge in [0.2, 0.25) is 0 Å². The quantitative estimate of drug-likeness (QED) is 0.646. The predicted octanol–water partition coefficient (Wildman–Crippen LogP) is 0.967. The molecule has 0 saturated carbocycles. The molecule has 7 heteroatoms. The molecule has 1 aromatic rings. The molecule has 1 fully saturated rings. The molecule has 7 nitrogen and oxygen atoms in total. The Morgan fingerprint density at radius 3 is 2.89 bits per heavy atom. The fraction of sp³-hybridized carbons (Fsp3) is 0.583. The Labute approximate surface area is 111 Å². The number of likely N-dealkylation sites (N-methyl/N-ethyl adjacent to an activating group) is 1. The third kappa shape index (κ3) is 3.39. The van der Waals surface area contributed by atoms with E-state index in [9.17, 15) is 15.2 Å². The molecule has 0 atom stereocenters. The van der Waals surface area contributed by atoms with Crippen molar-refractivity contribution in [3.05, 3.63) is 28.4 Å². The lowest BCUT2D eigenvalue weighted by atomic mass is 9.94. The SMILES string of the molecule is CN(CC1(O)CCOCC1)c1cc([N+](=O)[O-])ccn1. The van der Waals surface area contributed by atoms with E-state index in [4.69, 9.17) is 4.74 Å². The molecule has 2 rings (SSSR count). The first-order valence-electron chi connectivity index (χ1n) is 6.12. The van der Waals surface area contributed by atoms with E-state index >= 15 is 0 Å². The maximum absolute atomic E-state index is 10.7. The lowest BCUT2D eigenvalue weighted by molar-refractivity contribution is -0.384. The van der Waals surface area contributed by atoms with Crippen LogP contribution >= 0.6 is 0 Å². The zero-order valence-corrected chi connectivity index (χ0v) is 10.8. The Hall–Kier alpha value is -1.73. The number of aliphatic hydroxyl groups is 1. The molecule has 1 N–H and O–H groups in total. The summed E-state index contributed by atoms with van der Waals surface area (Å²) in [7, 11) is 1.76. The van der Waals surface area contributed by atoms with Crippen LogP contribution in [0.25, 0.3) is 0 Å². The normalized spacial score (nSPS) is 18.0. The summed E-state index contributed by atoms with van der Waals surface area (Å²) >= 11 is 0. The van der Waals surface area contributed by atoms with Gasteiger partial charge in [-0.3, -0.25) is 10.1 Å². The van der Waals surface area contributed by atoms with E-state index in [0.29, 0.717) is 38.4 Å². The molecule has 0 aliphatic carbocycles. The van der Waals surface area contributed by atoms with E-state index in [1.807, 2.05) is 0 Å². The van der Waals surface area contributed by atoms with Crippen LogP contribution in [0.1, 0.15) is 12.8 Å². The number of pyridine rings is 1. The molecule has 104 valence electrons. The average molecular weight is 267 g/mol. The molecule has 0 unspecified atom stereocenters. The second kappa shape index (κ2) is 5.50. The number of nitrogens with zero attached hydrogens (tertiary/aromatic N) is 3. The molecule has 0 spiro atoms. The molecule has 1 aliphatic heterocycles. The third-order valence-electron chi connectivity index (χ3n) is 3.29. The van der Waals surface area contributed by atoms with Gasteiger partial charge in [0.05, 0.1) is 16.6 Å². The van der Waals surface area contributed by atoms with E-state index in [-0.39, 0.29) is 5.69 Å². The minimum Gasteiger partial charge on any atom is -0.388 e. The smallest absolute Gasteiger partial charge is 0.274 e. The summed E-state index contributed by atoms with van der Waals surface area (Å²) in [6.07, 6.45) is 2.52. The minimum atomic E-state index is -0.820. The van der Waals surface area contributed by atoms with Gasteiger partial charge < -0.3 is 14.7 Å². The Bertz CT molecular complexity index is 460. The Balaban J connectivity index is 2.08. The number of rotatable bonds is 4. The molecule has 2 heterocycles. The Morgan fingerprint density at radius 1 is 1.58 bits per heavy atom. The maximum Gasteiger partial charge on any atom is 0.274 e. The summed E-state index contributed by atoms with van der Waals surface area (Å²) in [6, 6.07) is 2.75. The lowest BCUT2D eigenvalue weighted by Gasteiger charge is -2.35. The second-order valence-corrected chi connectivity index (χ2v) is 4.82. The van der Waals surface area contributed by atoms with E-state index in [1.165, 1.54) is 18.3 Å². The van der Waals surface area contributed by atoms with Gasteiger partial charge in [0, 0.05) is 51.9 Å². The number of aromatic nitrogens is 1. The van der Waals surface area contributed by atoms with Crippen LogP contribution in [0, 0.1) is 10.1 Å². The van der Waals surface area contributed by atoms with E-state index < -0.39 is 10.5 Å². The highest BCUT2D eigenvalue weighted by atomic mass is 16.6. The van der Waals surface area contributed by atoms with Gasteiger partial charge in [-0.1, -0.05) is 0 Å². The summed E-state index contributed by atoms with van der Waals surface area (Å²) in [5.74, 6) is 0.481. The standard InChI is InChI=1S/C12H17N3O4/c1-14(9-12(16)3-6-19-7-4-12)11-8-10(15(17)18)2-5-13-11/h2,5,8,16H,3-4,6-7,9H2,1H3. The summed E-state index contributed by atoms with van der Waals surface area (Å²) < 4.78 is 5.22. The summed E-state index contributed by atoms with van der Waals surface area (Å²) in [5, 5.41) is 21.1. The van der Waals surface area contributed by atoms with Gasteiger partial charge in [-0.15, -0.1) is 0 Å². The van der Waals surface area contributed by atoms with Gasteiger partial charge in [0.25, 0.3) is 5.69 Å². The molecule has 0 radical (unpaired) electrons. The molecule has 1 saturated heterocycles. The van der Waals surface area contributed by atoms with Crippen molar-refractivity contribution in [3.63, 3.8) is 0 Å². The first-order valence-corrected chi connectivity index (χ1v) is 6.12. The minimum absolute atomic E-state index is 0.00387. The van der Waals surface area contributed by atoms with Crippen molar-refractivity contribution in [2.45, 2.75) is 18.4 Å². The number of ether oxygens (including phenoxy) is 1. The zero-order valence-electron chi connectivity index (χ0n) is 10.8. The fourth-order valence-corrected chi connectivity index (χ4v) is 2.16. The van der Waals surface area contributed by atoms with Crippen molar-refractivity contribution >= 4 is 11.5 Å². The van der Waals surface area contributed by atoms with Crippen molar-refractivity contribution in [3.8, 4) is 0 Å². The lowest BCUT2D eigenvalue weighted by Crippen LogP contribution is -2.46. The fourth-order valence-electron chi connectivity index (χ4n) is 2.16. The van der Waals surface area contributed by atoms with Gasteiger partial charge in [0.15, 0.2) is 0 Å². The van der Waals surface area contributed by atoms with Crippen LogP contribution < -0.4 is 4.90 Å². The summed E-state index contributed by atoms with van der Waals surface area (Å²) in [5.41, 5.74) is -0.824. The van der Waals surface area contributed by atoms with Crippen LogP contribution in [0.5, 0.6) is 0 Å². The van der Waals surface area contributed by atoms with Crippen molar-refractivity contribution in [2.75, 3.05) is 31.7 Å². The van der Waals surface area contributed by atoms with Crippen LogP contribution in [-0.2, 0) is 4.74 Å². The molecule has 0 amide bonds. The van der Waals surface area contributed by atoms with Crippen molar-refractivity contribution in [1.29, 1.82) is 0 Å². The molecule has 0 aromatic carbocycles. The Kier molecular flexibility index (Phi) is 3.96. The zero-order chi connectivity index (χ0) is 13.9. The monoisotopic (exact) mass is 267 g/mol. The van der Waals surface area contributed by atoms with Crippen LogP contribution in [-0.4, -0.2) is 47.4 Å². The molecule has 1 aliphatic rings. The highest BCUT2D eigenvalue weighted by molar-refractivity contribution is 5.46. The highest BCUT2D eigenvalue weighted by Gasteiger charge is 2.31. The van der Waals surface area contributed by atoms with Gasteiger partial charge in [-0.2, -0.15) is 0 Å². The molecule has 0 bridgehead atoms. The first kappa shape index (κ1) is 13.7. The van der Waals surface area contributed by atoms with Crippen molar-refractivity contribution in [1.82, 2.24) is 4.98 Å². The molecule has 1 aromatic heterocycles. The second-order valence-electron chi connectivity index (χ2n) is 4.82. The largest absolute Gasteiger partial charge is 0.388 e. The number of nitro groups is 1. The molecular weight excluding hydrogens is 250 g/mol. The Morgan fingerprint density at radius 2 is 2.26 bits per heavy atom. The van der Waals surface area contributed by atoms with Crippen LogP contribution in [0.4, 0.5) is 11.5 Å². The highest BCUT2D eigenvalue weighted by Crippen LogP contribution is 2.24. The van der Waals surface area contributed by atoms with Gasteiger partial charge in [-0.05, 0) is 0 Å². The van der Waals surface area contributed by atoms with E-state index in [0.717, 1.165) is 0 Å². The van der Waals surface area contributed by atoms with E-state index in [2.05, 4.69) is 4.98 Å². The van der Waals surface area contributed by atoms with Gasteiger partial charge in [-0.25, -0.2) is 4.98 Å². The number of hydrogen-bond donors (Lipinski definition) is 1. The molecular formula is C12H17N3O4. The van der Waals surface area contributed by atoms with Gasteiger partial charge in [0.1, 0.15) is 5.82 Å². The topological polar surface area (TPSA) is 88.7 Å².